The van der Waals surface area contributed by atoms with E-state index in [9.17, 15) is 17.6 Å². The largest absolute Gasteiger partial charge is 0.478 e. The van der Waals surface area contributed by atoms with Crippen molar-refractivity contribution in [3.63, 3.8) is 0 Å². The predicted octanol–water partition coefficient (Wildman–Crippen LogP) is 0.696. The number of carboxylic acid groups (broad SMARTS) is 1. The third kappa shape index (κ3) is 2.03. The Hall–Kier alpha value is -1.47. The minimum absolute atomic E-state index is 0.0441. The molecule has 2 rings (SSSR count). The molecule has 17 heavy (non-hydrogen) atoms. The van der Waals surface area contributed by atoms with E-state index in [0.29, 0.717) is 6.07 Å². The molecule has 0 aromatic heterocycles. The van der Waals surface area contributed by atoms with Gasteiger partial charge in [-0.1, -0.05) is 0 Å². The number of carbonyl (C=O) groups is 1. The summed E-state index contributed by atoms with van der Waals surface area (Å²) in [5.41, 5.74) is -0.286. The first kappa shape index (κ1) is 12.0. The lowest BCUT2D eigenvalue weighted by Crippen LogP contribution is -2.40. The number of hydrogen-bond donors (Lipinski definition) is 1. The molecule has 1 fully saturated rings. The first-order valence-electron chi connectivity index (χ1n) is 4.77. The van der Waals surface area contributed by atoms with E-state index in [2.05, 4.69) is 0 Å². The summed E-state index contributed by atoms with van der Waals surface area (Å²) in [6.45, 7) is 0.0882. The highest BCUT2D eigenvalue weighted by Crippen LogP contribution is 2.24. The minimum atomic E-state index is -3.77. The van der Waals surface area contributed by atoms with Gasteiger partial charge in [-0.25, -0.2) is 17.6 Å². The average Bonchev–Trinajstić information content (AvgIpc) is 2.13. The van der Waals surface area contributed by atoms with Crippen LogP contribution in [0.2, 0.25) is 0 Å². The summed E-state index contributed by atoms with van der Waals surface area (Å²) in [4.78, 5) is 10.1. The lowest BCUT2D eigenvalue weighted by Gasteiger charge is -2.25. The van der Waals surface area contributed by atoms with Crippen LogP contribution >= 0.6 is 0 Å². The van der Waals surface area contributed by atoms with Gasteiger partial charge in [0.2, 0.25) is 0 Å². The molecule has 0 aliphatic carbocycles. The Morgan fingerprint density at radius 1 is 1.41 bits per heavy atom. The molecule has 5 nitrogen and oxygen atoms in total. The number of rotatable bonds is 3. The van der Waals surface area contributed by atoms with Gasteiger partial charge in [-0.05, 0) is 18.2 Å². The Morgan fingerprint density at radius 2 is 2.06 bits per heavy atom. The number of benzene rings is 1. The van der Waals surface area contributed by atoms with Crippen molar-refractivity contribution in [2.45, 2.75) is 10.1 Å². The maximum absolute atomic E-state index is 13.5. The molecule has 1 aromatic carbocycles. The zero-order valence-electron chi connectivity index (χ0n) is 8.59. The first-order valence-corrected chi connectivity index (χ1v) is 6.32. The van der Waals surface area contributed by atoms with Crippen molar-refractivity contribution >= 4 is 15.8 Å². The van der Waals surface area contributed by atoms with E-state index in [1.807, 2.05) is 0 Å². The van der Waals surface area contributed by atoms with E-state index in [1.165, 1.54) is 0 Å². The Bertz CT molecular complexity index is 562. The fraction of sp³-hybridized carbons (Fsp3) is 0.300. The predicted molar refractivity (Wildman–Crippen MR) is 55.2 cm³/mol. The summed E-state index contributed by atoms with van der Waals surface area (Å²) in [5.74, 6) is -2.35. The van der Waals surface area contributed by atoms with Gasteiger partial charge in [0.1, 0.15) is 16.0 Å². The highest BCUT2D eigenvalue weighted by molar-refractivity contribution is 7.92. The zero-order chi connectivity index (χ0) is 12.6. The molecule has 0 unspecified atom stereocenters. The summed E-state index contributed by atoms with van der Waals surface area (Å²) >= 11 is 0. The van der Waals surface area contributed by atoms with Gasteiger partial charge in [0.05, 0.1) is 18.8 Å². The summed E-state index contributed by atoms with van der Waals surface area (Å²) in [6, 6.07) is 2.75. The summed E-state index contributed by atoms with van der Waals surface area (Å²) in [5, 5.41) is 7.89. The van der Waals surface area contributed by atoms with Gasteiger partial charge in [-0.2, -0.15) is 0 Å². The highest BCUT2D eigenvalue weighted by Gasteiger charge is 2.35. The van der Waals surface area contributed by atoms with Crippen LogP contribution in [0.15, 0.2) is 23.1 Å². The highest BCUT2D eigenvalue weighted by atomic mass is 32.2. The molecular formula is C10H9FO5S. The SMILES string of the molecule is O=C(O)c1ccc(S(=O)(=O)C2COC2)c(F)c1. The van der Waals surface area contributed by atoms with Crippen LogP contribution < -0.4 is 0 Å². The van der Waals surface area contributed by atoms with E-state index < -0.39 is 31.8 Å². The molecule has 0 bridgehead atoms. The molecule has 0 spiro atoms. The van der Waals surface area contributed by atoms with Crippen molar-refractivity contribution < 1.29 is 27.4 Å². The number of carboxylic acids is 1. The average molecular weight is 260 g/mol. The second-order valence-electron chi connectivity index (χ2n) is 3.65. The van der Waals surface area contributed by atoms with E-state index >= 15 is 0 Å². The number of ether oxygens (including phenoxy) is 1. The maximum atomic E-state index is 13.5. The fourth-order valence-corrected chi connectivity index (χ4v) is 2.94. The molecule has 0 atom stereocenters. The van der Waals surface area contributed by atoms with E-state index in [4.69, 9.17) is 9.84 Å². The second kappa shape index (κ2) is 4.08. The molecule has 1 saturated heterocycles. The molecule has 1 heterocycles. The topological polar surface area (TPSA) is 80.7 Å². The van der Waals surface area contributed by atoms with Crippen LogP contribution in [0.4, 0.5) is 4.39 Å². The molecule has 1 aliphatic heterocycles. The third-order valence-electron chi connectivity index (χ3n) is 2.53. The zero-order valence-corrected chi connectivity index (χ0v) is 9.41. The molecule has 1 aromatic rings. The Kier molecular flexibility index (Phi) is 2.88. The number of sulfone groups is 1. The van der Waals surface area contributed by atoms with Gasteiger partial charge in [-0.15, -0.1) is 0 Å². The normalized spacial score (nSPS) is 16.5. The van der Waals surface area contributed by atoms with Crippen molar-refractivity contribution in [2.75, 3.05) is 13.2 Å². The van der Waals surface area contributed by atoms with Crippen LogP contribution in [0.5, 0.6) is 0 Å². The molecule has 7 heteroatoms. The third-order valence-corrected chi connectivity index (χ3v) is 4.63. The quantitative estimate of drug-likeness (QED) is 0.865. The van der Waals surface area contributed by atoms with Crippen LogP contribution in [-0.4, -0.2) is 38.0 Å². The molecule has 0 radical (unpaired) electrons. The Balaban J connectivity index is 2.43. The van der Waals surface area contributed by atoms with Gasteiger partial charge < -0.3 is 9.84 Å². The molecule has 1 N–H and O–H groups in total. The van der Waals surface area contributed by atoms with Gasteiger partial charge >= 0.3 is 5.97 Å². The monoisotopic (exact) mass is 260 g/mol. The molecule has 1 aliphatic rings. The Morgan fingerprint density at radius 3 is 2.47 bits per heavy atom. The fourth-order valence-electron chi connectivity index (χ4n) is 1.44. The smallest absolute Gasteiger partial charge is 0.335 e. The van der Waals surface area contributed by atoms with Crippen LogP contribution in [-0.2, 0) is 14.6 Å². The number of aromatic carboxylic acids is 1. The minimum Gasteiger partial charge on any atom is -0.478 e. The maximum Gasteiger partial charge on any atom is 0.335 e. The van der Waals surface area contributed by atoms with Crippen molar-refractivity contribution in [3.05, 3.63) is 29.6 Å². The van der Waals surface area contributed by atoms with Crippen LogP contribution in [0, 0.1) is 5.82 Å². The van der Waals surface area contributed by atoms with Gasteiger partial charge in [0.15, 0.2) is 9.84 Å². The van der Waals surface area contributed by atoms with Crippen molar-refractivity contribution in [3.8, 4) is 0 Å². The first-order chi connectivity index (χ1) is 7.93. The molecular weight excluding hydrogens is 251 g/mol. The second-order valence-corrected chi connectivity index (χ2v) is 5.85. The van der Waals surface area contributed by atoms with Crippen molar-refractivity contribution in [1.82, 2.24) is 0 Å². The van der Waals surface area contributed by atoms with Crippen molar-refractivity contribution in [2.24, 2.45) is 0 Å². The van der Waals surface area contributed by atoms with Gasteiger partial charge in [0, 0.05) is 0 Å². The van der Waals surface area contributed by atoms with Crippen LogP contribution in [0.3, 0.4) is 0 Å². The van der Waals surface area contributed by atoms with E-state index in [-0.39, 0.29) is 18.8 Å². The van der Waals surface area contributed by atoms with Crippen molar-refractivity contribution in [1.29, 1.82) is 0 Å². The van der Waals surface area contributed by atoms with E-state index in [1.54, 1.807) is 0 Å². The lowest BCUT2D eigenvalue weighted by molar-refractivity contribution is 0.0415. The molecule has 0 saturated carbocycles. The summed E-state index contributed by atoms with van der Waals surface area (Å²) < 4.78 is 42.0. The van der Waals surface area contributed by atoms with Gasteiger partial charge in [-0.3, -0.25) is 0 Å². The van der Waals surface area contributed by atoms with Crippen LogP contribution in [0.1, 0.15) is 10.4 Å². The standard InChI is InChI=1S/C10H9FO5S/c11-8-3-6(10(12)13)1-2-9(8)17(14,15)7-4-16-5-7/h1-3,7H,4-5H2,(H,12,13). The number of hydrogen-bond acceptors (Lipinski definition) is 4. The lowest BCUT2D eigenvalue weighted by atomic mass is 10.2. The molecule has 0 amide bonds. The Labute approximate surface area is 96.7 Å². The number of halogens is 1. The van der Waals surface area contributed by atoms with Gasteiger partial charge in [0.25, 0.3) is 0 Å². The van der Waals surface area contributed by atoms with Crippen LogP contribution in [0.25, 0.3) is 0 Å². The summed E-state index contributed by atoms with van der Waals surface area (Å²) in [7, 11) is -3.77. The summed E-state index contributed by atoms with van der Waals surface area (Å²) in [6.07, 6.45) is 0. The van der Waals surface area contributed by atoms with E-state index in [0.717, 1.165) is 12.1 Å². The molecule has 92 valence electrons.